The van der Waals surface area contributed by atoms with Gasteiger partial charge in [0.05, 0.1) is 0 Å². The Kier molecular flexibility index (Phi) is 5.50. The molecule has 0 heterocycles. The van der Waals surface area contributed by atoms with Crippen LogP contribution in [0.25, 0.3) is 11.1 Å². The van der Waals surface area contributed by atoms with E-state index in [1.165, 1.54) is 22.3 Å². The molecule has 0 aliphatic carbocycles. The average Bonchev–Trinajstić information content (AvgIpc) is 2.38. The fourth-order valence-electron chi connectivity index (χ4n) is 1.93. The highest BCUT2D eigenvalue weighted by Gasteiger charge is 1.99. The topological polar surface area (TPSA) is 17.1 Å². The summed E-state index contributed by atoms with van der Waals surface area (Å²) in [6.45, 7) is 3.73. The normalized spacial score (nSPS) is 9.79. The van der Waals surface area contributed by atoms with Crippen LogP contribution in [0.3, 0.4) is 0 Å². The molecule has 2 aromatic carbocycles. The van der Waals surface area contributed by atoms with Gasteiger partial charge in [-0.25, -0.2) is 0 Å². The van der Waals surface area contributed by atoms with Crippen LogP contribution < -0.4 is 0 Å². The maximum absolute atomic E-state index is 10.9. The second-order valence-electron chi connectivity index (χ2n) is 4.76. The molecular formula is C18H22O. The van der Waals surface area contributed by atoms with Gasteiger partial charge < -0.3 is 4.79 Å². The third-order valence-electron chi connectivity index (χ3n) is 3.10. The van der Waals surface area contributed by atoms with Crippen molar-refractivity contribution < 1.29 is 4.79 Å². The van der Waals surface area contributed by atoms with Crippen molar-refractivity contribution in [3.8, 4) is 11.1 Å². The largest absolute Gasteiger partial charge is 0.300 e. The average molecular weight is 254 g/mol. The van der Waals surface area contributed by atoms with E-state index in [1.54, 1.807) is 6.92 Å². The van der Waals surface area contributed by atoms with E-state index in [0.717, 1.165) is 6.42 Å². The number of aryl methyl sites for hydroxylation is 2. The Morgan fingerprint density at radius 2 is 1.37 bits per heavy atom. The molecule has 1 nitrogen and oxygen atoms in total. The Bertz CT molecular complexity index is 521. The molecule has 0 saturated heterocycles. The van der Waals surface area contributed by atoms with Crippen LogP contribution in [0, 0.1) is 6.92 Å². The van der Waals surface area contributed by atoms with E-state index in [4.69, 9.17) is 0 Å². The smallest absolute Gasteiger partial charge is 0.130 e. The van der Waals surface area contributed by atoms with Crippen LogP contribution in [0.1, 0.15) is 31.9 Å². The molecule has 1 heteroatoms. The number of benzene rings is 2. The van der Waals surface area contributed by atoms with Gasteiger partial charge in [-0.1, -0.05) is 61.5 Å². The highest BCUT2D eigenvalue weighted by atomic mass is 16.1. The van der Waals surface area contributed by atoms with Crippen molar-refractivity contribution in [1.29, 1.82) is 0 Å². The lowest BCUT2D eigenvalue weighted by molar-refractivity contribution is -0.116. The molecule has 0 bridgehead atoms. The Balaban J connectivity index is 0.00000180. The summed E-state index contributed by atoms with van der Waals surface area (Å²) in [5, 5.41) is 0. The van der Waals surface area contributed by atoms with Crippen molar-refractivity contribution in [3.63, 3.8) is 0 Å². The van der Waals surface area contributed by atoms with Crippen LogP contribution in [0.4, 0.5) is 0 Å². The van der Waals surface area contributed by atoms with Crippen molar-refractivity contribution in [2.24, 2.45) is 0 Å². The minimum atomic E-state index is 0. The highest BCUT2D eigenvalue weighted by Crippen LogP contribution is 2.20. The van der Waals surface area contributed by atoms with Gasteiger partial charge in [0, 0.05) is 6.42 Å². The fourth-order valence-corrected chi connectivity index (χ4v) is 1.93. The van der Waals surface area contributed by atoms with Crippen LogP contribution in [-0.4, -0.2) is 5.78 Å². The van der Waals surface area contributed by atoms with E-state index in [9.17, 15) is 4.79 Å². The number of Topliss-reactive ketones (excluding diaryl/α,β-unsaturated/α-hetero) is 1. The van der Waals surface area contributed by atoms with E-state index in [0.29, 0.717) is 6.42 Å². The Morgan fingerprint density at radius 3 is 1.84 bits per heavy atom. The summed E-state index contributed by atoms with van der Waals surface area (Å²) in [6.07, 6.45) is 1.47. The monoisotopic (exact) mass is 254 g/mol. The van der Waals surface area contributed by atoms with Crippen LogP contribution in [-0.2, 0) is 11.2 Å². The van der Waals surface area contributed by atoms with Gasteiger partial charge in [0.2, 0.25) is 0 Å². The Hall–Kier alpha value is -1.89. The molecule has 0 aliphatic rings. The standard InChI is InChI=1S/C17H18O.CH4/c1-13-3-9-16(10-4-13)17-11-7-15(8-12-17)6-5-14(2)18;/h3-4,7-12H,5-6H2,1-2H3;1H4. The van der Waals surface area contributed by atoms with E-state index in [1.807, 2.05) is 0 Å². The quantitative estimate of drug-likeness (QED) is 0.764. The summed E-state index contributed by atoms with van der Waals surface area (Å²) in [5.41, 5.74) is 4.96. The summed E-state index contributed by atoms with van der Waals surface area (Å²) in [4.78, 5) is 10.9. The maximum atomic E-state index is 10.9. The molecule has 0 N–H and O–H groups in total. The number of ketones is 1. The Labute approximate surface area is 116 Å². The number of hydrogen-bond acceptors (Lipinski definition) is 1. The number of rotatable bonds is 4. The summed E-state index contributed by atoms with van der Waals surface area (Å²) >= 11 is 0. The van der Waals surface area contributed by atoms with Gasteiger partial charge in [-0.15, -0.1) is 0 Å². The van der Waals surface area contributed by atoms with E-state index < -0.39 is 0 Å². The first-order chi connectivity index (χ1) is 8.65. The van der Waals surface area contributed by atoms with E-state index in [-0.39, 0.29) is 13.2 Å². The molecule has 0 saturated carbocycles. The van der Waals surface area contributed by atoms with Gasteiger partial charge in [0.25, 0.3) is 0 Å². The van der Waals surface area contributed by atoms with Crippen molar-refractivity contribution in [2.75, 3.05) is 0 Å². The minimum absolute atomic E-state index is 0. The third-order valence-corrected chi connectivity index (χ3v) is 3.10. The lowest BCUT2D eigenvalue weighted by Gasteiger charge is -2.04. The maximum Gasteiger partial charge on any atom is 0.130 e. The van der Waals surface area contributed by atoms with Crippen LogP contribution >= 0.6 is 0 Å². The summed E-state index contributed by atoms with van der Waals surface area (Å²) in [6, 6.07) is 17.0. The molecule has 2 aromatic rings. The number of carbonyl (C=O) groups excluding carboxylic acids is 1. The predicted molar refractivity (Wildman–Crippen MR) is 82.3 cm³/mol. The zero-order chi connectivity index (χ0) is 13.0. The van der Waals surface area contributed by atoms with Crippen LogP contribution in [0.5, 0.6) is 0 Å². The van der Waals surface area contributed by atoms with Gasteiger partial charge in [0.15, 0.2) is 0 Å². The van der Waals surface area contributed by atoms with Gasteiger partial charge >= 0.3 is 0 Å². The zero-order valence-corrected chi connectivity index (χ0v) is 10.9. The predicted octanol–water partition coefficient (Wildman–Crippen LogP) is 4.82. The molecule has 100 valence electrons. The first-order valence-electron chi connectivity index (χ1n) is 6.30. The molecule has 0 unspecified atom stereocenters. The third kappa shape index (κ3) is 4.36. The fraction of sp³-hybridized carbons (Fsp3) is 0.278. The summed E-state index contributed by atoms with van der Waals surface area (Å²) in [5.74, 6) is 0.248. The summed E-state index contributed by atoms with van der Waals surface area (Å²) in [7, 11) is 0. The molecule has 0 atom stereocenters. The highest BCUT2D eigenvalue weighted by molar-refractivity contribution is 5.75. The van der Waals surface area contributed by atoms with Crippen molar-refractivity contribution in [2.45, 2.75) is 34.1 Å². The molecule has 2 rings (SSSR count). The van der Waals surface area contributed by atoms with Crippen molar-refractivity contribution >= 4 is 5.78 Å². The molecular weight excluding hydrogens is 232 g/mol. The number of carbonyl (C=O) groups is 1. The number of hydrogen-bond donors (Lipinski definition) is 0. The molecule has 0 fully saturated rings. The second kappa shape index (κ2) is 6.89. The zero-order valence-electron chi connectivity index (χ0n) is 10.9. The Morgan fingerprint density at radius 1 is 0.895 bits per heavy atom. The lowest BCUT2D eigenvalue weighted by atomic mass is 10.0. The molecule has 0 aromatic heterocycles. The summed E-state index contributed by atoms with van der Waals surface area (Å²) < 4.78 is 0. The van der Waals surface area contributed by atoms with E-state index in [2.05, 4.69) is 55.5 Å². The van der Waals surface area contributed by atoms with Gasteiger partial charge in [-0.05, 0) is 37.0 Å². The lowest BCUT2D eigenvalue weighted by Crippen LogP contribution is -1.93. The molecule has 0 aliphatic heterocycles. The SMILES string of the molecule is C.CC(=O)CCc1ccc(-c2ccc(C)cc2)cc1. The van der Waals surface area contributed by atoms with Crippen molar-refractivity contribution in [3.05, 3.63) is 59.7 Å². The molecule has 0 spiro atoms. The molecule has 0 radical (unpaired) electrons. The molecule has 0 amide bonds. The minimum Gasteiger partial charge on any atom is -0.300 e. The first kappa shape index (κ1) is 15.2. The second-order valence-corrected chi connectivity index (χ2v) is 4.76. The van der Waals surface area contributed by atoms with Gasteiger partial charge in [-0.3, -0.25) is 0 Å². The van der Waals surface area contributed by atoms with Gasteiger partial charge in [0.1, 0.15) is 5.78 Å². The van der Waals surface area contributed by atoms with Crippen LogP contribution in [0.2, 0.25) is 0 Å². The van der Waals surface area contributed by atoms with Crippen molar-refractivity contribution in [1.82, 2.24) is 0 Å². The first-order valence-corrected chi connectivity index (χ1v) is 6.30. The van der Waals surface area contributed by atoms with Crippen LogP contribution in [0.15, 0.2) is 48.5 Å². The van der Waals surface area contributed by atoms with Gasteiger partial charge in [-0.2, -0.15) is 0 Å². The molecule has 19 heavy (non-hydrogen) atoms. The van der Waals surface area contributed by atoms with E-state index >= 15 is 0 Å².